The molecule has 2 aliphatic rings. The number of nitrogens with zero attached hydrogens (tertiary/aromatic N) is 4. The first kappa shape index (κ1) is 12.6. The van der Waals surface area contributed by atoms with Crippen LogP contribution in [0, 0.1) is 0 Å². The Bertz CT molecular complexity index is 680. The number of nitrogens with one attached hydrogen (secondary N) is 1. The molecule has 0 aliphatic carbocycles. The molecule has 0 amide bonds. The zero-order chi connectivity index (χ0) is 14.6. The van der Waals surface area contributed by atoms with E-state index in [1.165, 1.54) is 6.20 Å². The van der Waals surface area contributed by atoms with Crippen molar-refractivity contribution in [3.8, 4) is 0 Å². The van der Waals surface area contributed by atoms with Gasteiger partial charge in [-0.25, -0.2) is 9.97 Å². The smallest absolute Gasteiger partial charge is 0.330 e. The number of aromatic amines is 1. The molecule has 5 nitrogen and oxygen atoms in total. The Morgan fingerprint density at radius 3 is 2.95 bits per heavy atom. The standard InChI is InChI=1S/C13H12F3N5/c14-13(15,16)11-3-4-17-12(19-11)21-7-1-2-10(21)8-6-18-20-9(8)5-7/h3-4,6-7,10H,1-2,5H2,(H,18,20). The molecule has 1 N–H and O–H groups in total. The summed E-state index contributed by atoms with van der Waals surface area (Å²) in [7, 11) is 0. The molecule has 4 heterocycles. The molecule has 4 rings (SSSR count). The fourth-order valence-corrected chi connectivity index (χ4v) is 3.33. The maximum absolute atomic E-state index is 12.8. The highest BCUT2D eigenvalue weighted by atomic mass is 19.4. The van der Waals surface area contributed by atoms with E-state index < -0.39 is 11.9 Å². The van der Waals surface area contributed by atoms with Crippen LogP contribution < -0.4 is 4.90 Å². The Labute approximate surface area is 118 Å². The van der Waals surface area contributed by atoms with E-state index in [-0.39, 0.29) is 18.0 Å². The van der Waals surface area contributed by atoms with Gasteiger partial charge in [0.15, 0.2) is 0 Å². The Balaban J connectivity index is 1.75. The van der Waals surface area contributed by atoms with Crippen LogP contribution in [0.5, 0.6) is 0 Å². The quantitative estimate of drug-likeness (QED) is 0.878. The highest BCUT2D eigenvalue weighted by Gasteiger charge is 2.43. The van der Waals surface area contributed by atoms with Gasteiger partial charge in [-0.15, -0.1) is 0 Å². The van der Waals surface area contributed by atoms with Gasteiger partial charge in [0, 0.05) is 29.9 Å². The zero-order valence-corrected chi connectivity index (χ0v) is 10.9. The van der Waals surface area contributed by atoms with Crippen LogP contribution in [0.15, 0.2) is 18.5 Å². The Hall–Kier alpha value is -2.12. The molecule has 0 aromatic carbocycles. The zero-order valence-electron chi connectivity index (χ0n) is 10.9. The molecule has 0 spiro atoms. The predicted molar refractivity (Wildman–Crippen MR) is 67.6 cm³/mol. The van der Waals surface area contributed by atoms with Crippen molar-refractivity contribution in [2.45, 2.75) is 37.5 Å². The third kappa shape index (κ3) is 1.89. The topological polar surface area (TPSA) is 57.7 Å². The highest BCUT2D eigenvalue weighted by molar-refractivity contribution is 5.45. The molecule has 110 valence electrons. The van der Waals surface area contributed by atoms with Crippen LogP contribution in [0.25, 0.3) is 0 Å². The van der Waals surface area contributed by atoms with Gasteiger partial charge in [0.25, 0.3) is 0 Å². The van der Waals surface area contributed by atoms with Gasteiger partial charge in [-0.2, -0.15) is 18.3 Å². The molecule has 21 heavy (non-hydrogen) atoms. The summed E-state index contributed by atoms with van der Waals surface area (Å²) in [5.41, 5.74) is 1.22. The molecule has 8 heteroatoms. The summed E-state index contributed by atoms with van der Waals surface area (Å²) >= 11 is 0. The van der Waals surface area contributed by atoms with Gasteiger partial charge in [-0.05, 0) is 18.9 Å². The minimum atomic E-state index is -4.45. The van der Waals surface area contributed by atoms with Crippen molar-refractivity contribution in [2.75, 3.05) is 4.90 Å². The molecule has 2 bridgehead atoms. The van der Waals surface area contributed by atoms with E-state index >= 15 is 0 Å². The first-order valence-electron chi connectivity index (χ1n) is 6.75. The van der Waals surface area contributed by atoms with Crippen molar-refractivity contribution in [1.29, 1.82) is 0 Å². The van der Waals surface area contributed by atoms with E-state index in [0.29, 0.717) is 0 Å². The van der Waals surface area contributed by atoms with E-state index in [2.05, 4.69) is 20.2 Å². The molecule has 2 atom stereocenters. The Kier molecular flexibility index (Phi) is 2.51. The lowest BCUT2D eigenvalue weighted by atomic mass is 10.0. The second-order valence-electron chi connectivity index (χ2n) is 5.40. The van der Waals surface area contributed by atoms with Crippen molar-refractivity contribution in [1.82, 2.24) is 20.2 Å². The van der Waals surface area contributed by atoms with Crippen molar-refractivity contribution in [3.05, 3.63) is 35.4 Å². The van der Waals surface area contributed by atoms with E-state index in [0.717, 1.165) is 36.6 Å². The van der Waals surface area contributed by atoms with Gasteiger partial charge >= 0.3 is 6.18 Å². The maximum atomic E-state index is 12.8. The maximum Gasteiger partial charge on any atom is 0.433 e. The number of rotatable bonds is 1. The van der Waals surface area contributed by atoms with Gasteiger partial charge < -0.3 is 4.90 Å². The van der Waals surface area contributed by atoms with Crippen molar-refractivity contribution in [3.63, 3.8) is 0 Å². The monoisotopic (exact) mass is 295 g/mol. The van der Waals surface area contributed by atoms with E-state index in [9.17, 15) is 13.2 Å². The lowest BCUT2D eigenvalue weighted by Gasteiger charge is -2.34. The summed E-state index contributed by atoms with van der Waals surface area (Å²) in [4.78, 5) is 9.69. The van der Waals surface area contributed by atoms with E-state index in [4.69, 9.17) is 0 Å². The van der Waals surface area contributed by atoms with Crippen LogP contribution in [0.1, 0.15) is 35.8 Å². The van der Waals surface area contributed by atoms with Gasteiger partial charge in [0.1, 0.15) is 5.69 Å². The average Bonchev–Trinajstić information content (AvgIpc) is 3.03. The summed E-state index contributed by atoms with van der Waals surface area (Å²) in [6.07, 6.45) is 1.03. The molecule has 2 aromatic heterocycles. The number of alkyl halides is 3. The van der Waals surface area contributed by atoms with Crippen LogP contribution in [-0.4, -0.2) is 26.2 Å². The summed E-state index contributed by atoms with van der Waals surface area (Å²) in [6.45, 7) is 0. The van der Waals surface area contributed by atoms with Gasteiger partial charge in [-0.3, -0.25) is 5.10 Å². The Morgan fingerprint density at radius 1 is 1.29 bits per heavy atom. The minimum Gasteiger partial charge on any atom is -0.330 e. The number of fused-ring (bicyclic) bond motifs is 4. The molecule has 2 unspecified atom stereocenters. The first-order valence-corrected chi connectivity index (χ1v) is 6.75. The third-order valence-electron chi connectivity index (χ3n) is 4.22. The number of hydrogen-bond acceptors (Lipinski definition) is 4. The van der Waals surface area contributed by atoms with E-state index in [1.54, 1.807) is 6.20 Å². The van der Waals surface area contributed by atoms with Gasteiger partial charge in [0.05, 0.1) is 12.2 Å². The summed E-state index contributed by atoms with van der Waals surface area (Å²) in [6, 6.07) is 1.05. The molecule has 0 radical (unpaired) electrons. The fraction of sp³-hybridized carbons (Fsp3) is 0.462. The van der Waals surface area contributed by atoms with Crippen molar-refractivity contribution in [2.24, 2.45) is 0 Å². The molecule has 2 aliphatic heterocycles. The molecular formula is C13H12F3N5. The van der Waals surface area contributed by atoms with Gasteiger partial charge in [0.2, 0.25) is 5.95 Å². The van der Waals surface area contributed by atoms with Crippen LogP contribution in [-0.2, 0) is 12.6 Å². The lowest BCUT2D eigenvalue weighted by molar-refractivity contribution is -0.141. The molecule has 1 saturated heterocycles. The molecule has 0 saturated carbocycles. The van der Waals surface area contributed by atoms with Crippen molar-refractivity contribution >= 4 is 5.95 Å². The summed E-state index contributed by atoms with van der Waals surface area (Å²) < 4.78 is 38.4. The third-order valence-corrected chi connectivity index (χ3v) is 4.22. The summed E-state index contributed by atoms with van der Waals surface area (Å²) in [5.74, 6) is 0.157. The first-order chi connectivity index (χ1) is 10.0. The number of anilines is 1. The fourth-order valence-electron chi connectivity index (χ4n) is 3.33. The minimum absolute atomic E-state index is 0.0148. The second kappa shape index (κ2) is 4.19. The molecular weight excluding hydrogens is 283 g/mol. The van der Waals surface area contributed by atoms with Crippen LogP contribution in [0.2, 0.25) is 0 Å². The van der Waals surface area contributed by atoms with Crippen molar-refractivity contribution < 1.29 is 13.2 Å². The highest BCUT2D eigenvalue weighted by Crippen LogP contribution is 2.44. The van der Waals surface area contributed by atoms with Crippen LogP contribution in [0.3, 0.4) is 0 Å². The van der Waals surface area contributed by atoms with Crippen LogP contribution in [0.4, 0.5) is 19.1 Å². The molecule has 1 fully saturated rings. The second-order valence-corrected chi connectivity index (χ2v) is 5.40. The van der Waals surface area contributed by atoms with Crippen LogP contribution >= 0.6 is 0 Å². The van der Waals surface area contributed by atoms with E-state index in [1.807, 2.05) is 4.90 Å². The lowest BCUT2D eigenvalue weighted by Crippen LogP contribution is -2.38. The molecule has 2 aromatic rings. The normalized spacial score (nSPS) is 24.2. The summed E-state index contributed by atoms with van der Waals surface area (Å²) in [5, 5.41) is 7.00. The SMILES string of the molecule is FC(F)(F)c1ccnc(N2C3CCC2c2cn[nH]c2C3)n1. The average molecular weight is 295 g/mol. The van der Waals surface area contributed by atoms with Gasteiger partial charge in [-0.1, -0.05) is 0 Å². The number of hydrogen-bond donors (Lipinski definition) is 1. The number of aromatic nitrogens is 4. The Morgan fingerprint density at radius 2 is 2.14 bits per heavy atom. The largest absolute Gasteiger partial charge is 0.433 e. The number of halogens is 3. The predicted octanol–water partition coefficient (Wildman–Crippen LogP) is 2.48. The number of H-pyrrole nitrogens is 1.